The van der Waals surface area contributed by atoms with Gasteiger partial charge in [0.1, 0.15) is 11.6 Å². The summed E-state index contributed by atoms with van der Waals surface area (Å²) in [5.41, 5.74) is 0.853. The molecule has 108 valence electrons. The standard InChI is InChI=1S/C15H18FNO3/c1-9(2)14-10(5-6-20-14)8-17-15(19)12-4-3-11(18)7-13(12)16/h3-4,7,10,14,18H,1,5-6,8H2,2H3,(H,17,19). The summed E-state index contributed by atoms with van der Waals surface area (Å²) in [6.07, 6.45) is 0.788. The summed E-state index contributed by atoms with van der Waals surface area (Å²) >= 11 is 0. The summed E-state index contributed by atoms with van der Waals surface area (Å²) in [4.78, 5) is 11.9. The molecule has 1 aliphatic rings. The van der Waals surface area contributed by atoms with E-state index in [1.54, 1.807) is 0 Å². The van der Waals surface area contributed by atoms with E-state index in [1.165, 1.54) is 12.1 Å². The quantitative estimate of drug-likeness (QED) is 0.831. The summed E-state index contributed by atoms with van der Waals surface area (Å²) in [5, 5.41) is 11.8. The average Bonchev–Trinajstić information content (AvgIpc) is 2.84. The number of ether oxygens (including phenoxy) is 1. The van der Waals surface area contributed by atoms with Crippen LogP contribution < -0.4 is 5.32 Å². The number of benzene rings is 1. The highest BCUT2D eigenvalue weighted by molar-refractivity contribution is 5.94. The Bertz CT molecular complexity index is 530. The molecule has 0 saturated carbocycles. The lowest BCUT2D eigenvalue weighted by Crippen LogP contribution is -2.33. The third kappa shape index (κ3) is 3.17. The maximum Gasteiger partial charge on any atom is 0.254 e. The van der Waals surface area contributed by atoms with Gasteiger partial charge in [-0.1, -0.05) is 12.2 Å². The molecule has 1 aromatic rings. The highest BCUT2D eigenvalue weighted by atomic mass is 19.1. The maximum absolute atomic E-state index is 13.5. The Balaban J connectivity index is 1.97. The number of nitrogens with one attached hydrogen (secondary N) is 1. The molecule has 1 amide bonds. The van der Waals surface area contributed by atoms with Crippen molar-refractivity contribution in [3.63, 3.8) is 0 Å². The summed E-state index contributed by atoms with van der Waals surface area (Å²) in [6.45, 7) is 6.82. The minimum Gasteiger partial charge on any atom is -0.508 e. The molecule has 1 aliphatic heterocycles. The second-order valence-corrected chi connectivity index (χ2v) is 5.06. The summed E-state index contributed by atoms with van der Waals surface area (Å²) in [6, 6.07) is 3.47. The lowest BCUT2D eigenvalue weighted by Gasteiger charge is -2.19. The monoisotopic (exact) mass is 279 g/mol. The summed E-state index contributed by atoms with van der Waals surface area (Å²) in [5.74, 6) is -1.27. The topological polar surface area (TPSA) is 58.6 Å². The predicted octanol–water partition coefficient (Wildman–Crippen LogP) is 2.24. The Labute approximate surface area is 117 Å². The fourth-order valence-corrected chi connectivity index (χ4v) is 2.39. The molecule has 20 heavy (non-hydrogen) atoms. The van der Waals surface area contributed by atoms with Crippen LogP contribution in [0.25, 0.3) is 0 Å². The van der Waals surface area contributed by atoms with Crippen LogP contribution in [0, 0.1) is 11.7 Å². The van der Waals surface area contributed by atoms with Crippen molar-refractivity contribution < 1.29 is 19.0 Å². The number of carbonyl (C=O) groups excluding carboxylic acids is 1. The van der Waals surface area contributed by atoms with E-state index in [1.807, 2.05) is 6.92 Å². The van der Waals surface area contributed by atoms with E-state index >= 15 is 0 Å². The highest BCUT2D eigenvalue weighted by Gasteiger charge is 2.29. The Kier molecular flexibility index (Phi) is 4.39. The first kappa shape index (κ1) is 14.5. The summed E-state index contributed by atoms with van der Waals surface area (Å²) in [7, 11) is 0. The SMILES string of the molecule is C=C(C)C1OCCC1CNC(=O)c1ccc(O)cc1F. The lowest BCUT2D eigenvalue weighted by atomic mass is 9.97. The first-order valence-electron chi connectivity index (χ1n) is 6.52. The number of phenols is 1. The minimum atomic E-state index is -0.735. The fraction of sp³-hybridized carbons (Fsp3) is 0.400. The van der Waals surface area contributed by atoms with Crippen LogP contribution in [0.3, 0.4) is 0 Å². The zero-order valence-corrected chi connectivity index (χ0v) is 11.4. The van der Waals surface area contributed by atoms with Gasteiger partial charge >= 0.3 is 0 Å². The van der Waals surface area contributed by atoms with E-state index in [0.29, 0.717) is 13.2 Å². The number of halogens is 1. The van der Waals surface area contributed by atoms with Crippen LogP contribution in [0.5, 0.6) is 5.75 Å². The van der Waals surface area contributed by atoms with E-state index in [0.717, 1.165) is 18.1 Å². The third-order valence-corrected chi connectivity index (χ3v) is 3.42. The molecule has 2 unspecified atom stereocenters. The molecule has 0 aliphatic carbocycles. The van der Waals surface area contributed by atoms with Crippen LogP contribution in [-0.4, -0.2) is 30.3 Å². The minimum absolute atomic E-state index is 0.0556. The number of carbonyl (C=O) groups is 1. The number of phenolic OH excluding ortho intramolecular Hbond substituents is 1. The number of hydrogen-bond acceptors (Lipinski definition) is 3. The Morgan fingerprint density at radius 3 is 3.00 bits per heavy atom. The van der Waals surface area contributed by atoms with E-state index in [9.17, 15) is 9.18 Å². The Morgan fingerprint density at radius 2 is 2.35 bits per heavy atom. The smallest absolute Gasteiger partial charge is 0.254 e. The fourth-order valence-electron chi connectivity index (χ4n) is 2.39. The molecule has 4 nitrogen and oxygen atoms in total. The molecule has 0 bridgehead atoms. The van der Waals surface area contributed by atoms with Gasteiger partial charge in [0.25, 0.3) is 5.91 Å². The van der Waals surface area contributed by atoms with E-state index in [2.05, 4.69) is 11.9 Å². The number of rotatable bonds is 4. The van der Waals surface area contributed by atoms with Gasteiger partial charge in [0.15, 0.2) is 0 Å². The Hall–Kier alpha value is -1.88. The van der Waals surface area contributed by atoms with Crippen molar-refractivity contribution in [3.8, 4) is 5.75 Å². The van der Waals surface area contributed by atoms with Crippen molar-refractivity contribution >= 4 is 5.91 Å². The van der Waals surface area contributed by atoms with Gasteiger partial charge in [-0.3, -0.25) is 4.79 Å². The molecule has 0 spiro atoms. The number of hydrogen-bond donors (Lipinski definition) is 2. The van der Waals surface area contributed by atoms with Gasteiger partial charge < -0.3 is 15.2 Å². The van der Waals surface area contributed by atoms with Gasteiger partial charge in [0.2, 0.25) is 0 Å². The Morgan fingerprint density at radius 1 is 1.60 bits per heavy atom. The summed E-state index contributed by atoms with van der Waals surface area (Å²) < 4.78 is 19.1. The largest absolute Gasteiger partial charge is 0.508 e. The molecule has 2 atom stereocenters. The van der Waals surface area contributed by atoms with E-state index in [-0.39, 0.29) is 23.3 Å². The van der Waals surface area contributed by atoms with Gasteiger partial charge in [-0.2, -0.15) is 0 Å². The van der Waals surface area contributed by atoms with Gasteiger partial charge in [-0.15, -0.1) is 0 Å². The molecule has 0 aromatic heterocycles. The molecular formula is C15H18FNO3. The van der Waals surface area contributed by atoms with E-state index < -0.39 is 11.7 Å². The van der Waals surface area contributed by atoms with Crippen LogP contribution >= 0.6 is 0 Å². The third-order valence-electron chi connectivity index (χ3n) is 3.42. The molecule has 1 heterocycles. The second-order valence-electron chi connectivity index (χ2n) is 5.06. The van der Waals surface area contributed by atoms with Crippen molar-refractivity contribution in [1.82, 2.24) is 5.32 Å². The van der Waals surface area contributed by atoms with Crippen molar-refractivity contribution in [1.29, 1.82) is 0 Å². The van der Waals surface area contributed by atoms with Crippen LogP contribution in [0.15, 0.2) is 30.4 Å². The first-order valence-corrected chi connectivity index (χ1v) is 6.52. The van der Waals surface area contributed by atoms with Crippen LogP contribution in [0.2, 0.25) is 0 Å². The molecule has 2 N–H and O–H groups in total. The van der Waals surface area contributed by atoms with Crippen molar-refractivity contribution in [2.45, 2.75) is 19.4 Å². The molecule has 1 fully saturated rings. The van der Waals surface area contributed by atoms with Crippen molar-refractivity contribution in [2.75, 3.05) is 13.2 Å². The van der Waals surface area contributed by atoms with Gasteiger partial charge in [0.05, 0.1) is 11.7 Å². The van der Waals surface area contributed by atoms with Crippen molar-refractivity contribution in [2.24, 2.45) is 5.92 Å². The van der Waals surface area contributed by atoms with Crippen LogP contribution in [0.1, 0.15) is 23.7 Å². The van der Waals surface area contributed by atoms with Gasteiger partial charge in [-0.25, -0.2) is 4.39 Å². The lowest BCUT2D eigenvalue weighted by molar-refractivity contribution is 0.0922. The first-order chi connectivity index (χ1) is 9.49. The zero-order chi connectivity index (χ0) is 14.7. The predicted molar refractivity (Wildman–Crippen MR) is 73.1 cm³/mol. The number of amides is 1. The maximum atomic E-state index is 13.5. The molecule has 5 heteroatoms. The average molecular weight is 279 g/mol. The van der Waals surface area contributed by atoms with Gasteiger partial charge in [0, 0.05) is 25.1 Å². The van der Waals surface area contributed by atoms with Gasteiger partial charge in [-0.05, 0) is 25.5 Å². The molecule has 1 saturated heterocycles. The molecule has 2 rings (SSSR count). The highest BCUT2D eigenvalue weighted by Crippen LogP contribution is 2.25. The molecular weight excluding hydrogens is 261 g/mol. The second kappa shape index (κ2) is 6.05. The number of aromatic hydroxyl groups is 1. The zero-order valence-electron chi connectivity index (χ0n) is 11.4. The van der Waals surface area contributed by atoms with Crippen LogP contribution in [-0.2, 0) is 4.74 Å². The molecule has 1 aromatic carbocycles. The van der Waals surface area contributed by atoms with E-state index in [4.69, 9.17) is 9.84 Å². The van der Waals surface area contributed by atoms with Crippen molar-refractivity contribution in [3.05, 3.63) is 41.7 Å². The normalized spacial score (nSPS) is 21.7. The van der Waals surface area contributed by atoms with Crippen LogP contribution in [0.4, 0.5) is 4.39 Å². The molecule has 0 radical (unpaired) electrons.